The lowest BCUT2D eigenvalue weighted by atomic mass is 9.85. The molecule has 0 saturated carbocycles. The minimum Gasteiger partial charge on any atom is -0.326 e. The molecule has 2 aromatic rings. The van der Waals surface area contributed by atoms with Crippen molar-refractivity contribution < 1.29 is 9.59 Å². The van der Waals surface area contributed by atoms with Crippen molar-refractivity contribution in [2.75, 3.05) is 5.32 Å². The average molecular weight is 408 g/mol. The molecule has 1 amide bonds. The third kappa shape index (κ3) is 5.59. The van der Waals surface area contributed by atoms with Crippen LogP contribution in [-0.4, -0.2) is 11.7 Å². The number of hydrogen-bond acceptors (Lipinski definition) is 2. The van der Waals surface area contributed by atoms with E-state index in [4.69, 9.17) is 0 Å². The van der Waals surface area contributed by atoms with E-state index in [-0.39, 0.29) is 24.2 Å². The van der Waals surface area contributed by atoms with Gasteiger partial charge in [0.2, 0.25) is 5.91 Å². The highest BCUT2D eigenvalue weighted by molar-refractivity contribution is 5.94. The van der Waals surface area contributed by atoms with Crippen LogP contribution in [0.2, 0.25) is 0 Å². The van der Waals surface area contributed by atoms with Crippen molar-refractivity contribution >= 4 is 17.4 Å². The van der Waals surface area contributed by atoms with E-state index in [1.807, 2.05) is 0 Å². The second-order valence-electron chi connectivity index (χ2n) is 10.3. The summed E-state index contributed by atoms with van der Waals surface area (Å²) < 4.78 is 0. The van der Waals surface area contributed by atoms with E-state index in [0.717, 1.165) is 12.1 Å². The highest BCUT2D eigenvalue weighted by Gasteiger charge is 2.21. The molecule has 1 aliphatic heterocycles. The summed E-state index contributed by atoms with van der Waals surface area (Å²) in [6.45, 7) is 13.1. The number of fused-ring (bicyclic) bond motifs is 2. The van der Waals surface area contributed by atoms with Crippen LogP contribution in [0.4, 0.5) is 5.69 Å². The van der Waals surface area contributed by atoms with Gasteiger partial charge < -0.3 is 5.32 Å². The highest BCUT2D eigenvalue weighted by atomic mass is 16.1. The van der Waals surface area contributed by atoms with Gasteiger partial charge in [0.1, 0.15) is 5.78 Å². The molecule has 3 heteroatoms. The monoisotopic (exact) mass is 407 g/mol. The van der Waals surface area contributed by atoms with Crippen LogP contribution in [0.15, 0.2) is 36.4 Å². The molecule has 0 unspecified atom stereocenters. The number of Topliss-reactive ketones (excluding diaryl/α,β-unsaturated/α-hetero) is 1. The van der Waals surface area contributed by atoms with Crippen LogP contribution >= 0.6 is 0 Å². The van der Waals surface area contributed by atoms with E-state index in [0.29, 0.717) is 25.0 Å². The number of aryl methyl sites for hydroxylation is 1. The molecule has 2 aliphatic rings. The number of benzene rings is 2. The number of hydrogen-bond donors (Lipinski definition) is 1. The molecule has 1 heterocycles. The Morgan fingerprint density at radius 1 is 0.700 bits per heavy atom. The molecular weight excluding hydrogens is 370 g/mol. The van der Waals surface area contributed by atoms with Crippen molar-refractivity contribution in [3.05, 3.63) is 64.2 Å². The zero-order valence-corrected chi connectivity index (χ0v) is 18.6. The molecule has 0 fully saturated rings. The first-order valence-electron chi connectivity index (χ1n) is 10.5. The number of nitrogens with one attached hydrogen (secondary N) is 1. The van der Waals surface area contributed by atoms with Crippen molar-refractivity contribution in [3.8, 4) is 0 Å². The lowest BCUT2D eigenvalue weighted by Gasteiger charge is -2.23. The molecule has 0 saturated heterocycles. The van der Waals surface area contributed by atoms with Crippen LogP contribution in [0.1, 0.15) is 83.2 Å². The van der Waals surface area contributed by atoms with Gasteiger partial charge in [-0.25, -0.2) is 0 Å². The van der Waals surface area contributed by atoms with E-state index in [2.05, 4.69) is 83.3 Å². The molecule has 0 radical (unpaired) electrons. The molecule has 4 rings (SSSR count). The second kappa shape index (κ2) is 8.75. The summed E-state index contributed by atoms with van der Waals surface area (Å²) in [5, 5.41) is 2.93. The van der Waals surface area contributed by atoms with Crippen LogP contribution in [0.25, 0.3) is 0 Å². The van der Waals surface area contributed by atoms with E-state index in [9.17, 15) is 9.59 Å². The Hall–Kier alpha value is -2.42. The zero-order valence-electron chi connectivity index (χ0n) is 18.6. The molecule has 30 heavy (non-hydrogen) atoms. The van der Waals surface area contributed by atoms with Gasteiger partial charge in [-0.3, -0.25) is 9.59 Å². The number of carbonyl (C=O) groups excluding carboxylic acids is 2. The van der Waals surface area contributed by atoms with E-state index in [1.54, 1.807) is 0 Å². The SMILES string of the molecule is C.CC(C)(C)c1ccc2c(c1)CC(=O)C2.CC(C)(C)c1ccc2c(c1)NC(=O)CC2. The topological polar surface area (TPSA) is 46.2 Å². The summed E-state index contributed by atoms with van der Waals surface area (Å²) in [5.41, 5.74) is 7.62. The maximum atomic E-state index is 11.3. The summed E-state index contributed by atoms with van der Waals surface area (Å²) in [6.07, 6.45) is 2.76. The Balaban J connectivity index is 0.000000207. The molecule has 0 bridgehead atoms. The standard InChI is InChI=1S/C13H17NO.C13H16O.CH4/c1-13(2,3)10-6-4-9-5-7-12(15)14-11(9)8-10;1-13(2,3)11-5-4-9-7-12(14)8-10(9)6-11;/h4,6,8H,5,7H2,1-3H3,(H,14,15);4-6H,7-8H2,1-3H3;1H4. The minimum atomic E-state index is 0. The van der Waals surface area contributed by atoms with Gasteiger partial charge in [-0.1, -0.05) is 79.3 Å². The molecule has 3 nitrogen and oxygen atoms in total. The van der Waals surface area contributed by atoms with Crippen LogP contribution in [0, 0.1) is 0 Å². The molecule has 162 valence electrons. The summed E-state index contributed by atoms with van der Waals surface area (Å²) >= 11 is 0. The van der Waals surface area contributed by atoms with Gasteiger partial charge >= 0.3 is 0 Å². The van der Waals surface area contributed by atoms with Crippen molar-refractivity contribution in [2.45, 2.75) is 85.5 Å². The lowest BCUT2D eigenvalue weighted by molar-refractivity contribution is -0.117. The second-order valence-corrected chi connectivity index (χ2v) is 10.3. The summed E-state index contributed by atoms with van der Waals surface area (Å²) in [4.78, 5) is 22.5. The molecular formula is C27H37NO2. The number of anilines is 1. The number of amides is 1. The van der Waals surface area contributed by atoms with Crippen LogP contribution in [0.5, 0.6) is 0 Å². The Labute approximate surface area is 182 Å². The number of rotatable bonds is 0. The maximum absolute atomic E-state index is 11.3. The smallest absolute Gasteiger partial charge is 0.224 e. The van der Waals surface area contributed by atoms with Gasteiger partial charge in [-0.05, 0) is 51.1 Å². The molecule has 1 aliphatic carbocycles. The summed E-state index contributed by atoms with van der Waals surface area (Å²) in [7, 11) is 0. The Bertz CT molecular complexity index is 942. The fraction of sp³-hybridized carbons (Fsp3) is 0.481. The summed E-state index contributed by atoms with van der Waals surface area (Å²) in [5.74, 6) is 0.486. The average Bonchev–Trinajstić information content (AvgIpc) is 2.99. The zero-order chi connectivity index (χ0) is 21.4. The van der Waals surface area contributed by atoms with Gasteiger partial charge in [-0.2, -0.15) is 0 Å². The molecule has 2 aromatic carbocycles. The molecule has 0 spiro atoms. The van der Waals surface area contributed by atoms with Crippen molar-refractivity contribution in [2.24, 2.45) is 0 Å². The first-order chi connectivity index (χ1) is 13.4. The predicted molar refractivity (Wildman–Crippen MR) is 126 cm³/mol. The number of ketones is 1. The third-order valence-electron chi connectivity index (χ3n) is 5.72. The van der Waals surface area contributed by atoms with Crippen LogP contribution in [0.3, 0.4) is 0 Å². The molecule has 0 aromatic heterocycles. The van der Waals surface area contributed by atoms with Crippen molar-refractivity contribution in [1.82, 2.24) is 0 Å². The van der Waals surface area contributed by atoms with E-state index >= 15 is 0 Å². The fourth-order valence-electron chi connectivity index (χ4n) is 3.76. The predicted octanol–water partition coefficient (Wildman–Crippen LogP) is 6.16. The third-order valence-corrected chi connectivity index (χ3v) is 5.72. The van der Waals surface area contributed by atoms with E-state index < -0.39 is 0 Å². The van der Waals surface area contributed by atoms with Gasteiger partial charge in [0.15, 0.2) is 0 Å². The highest BCUT2D eigenvalue weighted by Crippen LogP contribution is 2.30. The normalized spacial score (nSPS) is 15.3. The van der Waals surface area contributed by atoms with Crippen LogP contribution in [-0.2, 0) is 39.7 Å². The maximum Gasteiger partial charge on any atom is 0.224 e. The Morgan fingerprint density at radius 2 is 1.23 bits per heavy atom. The van der Waals surface area contributed by atoms with Gasteiger partial charge in [0.05, 0.1) is 0 Å². The van der Waals surface area contributed by atoms with Crippen molar-refractivity contribution in [1.29, 1.82) is 0 Å². The first kappa shape index (κ1) is 23.9. The van der Waals surface area contributed by atoms with Gasteiger partial charge in [0.25, 0.3) is 0 Å². The van der Waals surface area contributed by atoms with E-state index in [1.165, 1.54) is 27.8 Å². The summed E-state index contributed by atoms with van der Waals surface area (Å²) in [6, 6.07) is 12.9. The quantitative estimate of drug-likeness (QED) is 0.569. The fourth-order valence-corrected chi connectivity index (χ4v) is 3.76. The first-order valence-corrected chi connectivity index (χ1v) is 10.5. The van der Waals surface area contributed by atoms with Crippen molar-refractivity contribution in [3.63, 3.8) is 0 Å². The Kier molecular flexibility index (Phi) is 6.96. The van der Waals surface area contributed by atoms with Crippen LogP contribution < -0.4 is 5.32 Å². The van der Waals surface area contributed by atoms with Gasteiger partial charge in [0, 0.05) is 24.9 Å². The molecule has 1 N–H and O–H groups in total. The largest absolute Gasteiger partial charge is 0.326 e. The number of carbonyl (C=O) groups is 2. The lowest BCUT2D eigenvalue weighted by Crippen LogP contribution is -2.20. The Morgan fingerprint density at radius 3 is 1.83 bits per heavy atom. The molecule has 0 atom stereocenters. The van der Waals surface area contributed by atoms with Gasteiger partial charge in [-0.15, -0.1) is 0 Å². The minimum absolute atomic E-state index is 0.